The van der Waals surface area contributed by atoms with E-state index in [2.05, 4.69) is 0 Å². The van der Waals surface area contributed by atoms with Gasteiger partial charge in [-0.25, -0.2) is 0 Å². The first-order valence-corrected chi connectivity index (χ1v) is 4.51. The molecule has 0 aromatic rings. The summed E-state index contributed by atoms with van der Waals surface area (Å²) in [6, 6.07) is 0. The second-order valence-corrected chi connectivity index (χ2v) is 3.64. The van der Waals surface area contributed by atoms with E-state index in [9.17, 15) is 13.2 Å². The molecule has 0 aromatic heterocycles. The second kappa shape index (κ2) is 4.16. The van der Waals surface area contributed by atoms with Crippen LogP contribution in [-0.4, -0.2) is 36.5 Å². The van der Waals surface area contributed by atoms with Gasteiger partial charge in [-0.3, -0.25) is 10.3 Å². The first-order valence-electron chi connectivity index (χ1n) is 4.51. The lowest BCUT2D eigenvalue weighted by Crippen LogP contribution is -2.44. The van der Waals surface area contributed by atoms with Crippen LogP contribution in [0, 0.1) is 11.3 Å². The summed E-state index contributed by atoms with van der Waals surface area (Å²) < 4.78 is 37.0. The maximum absolute atomic E-state index is 12.3. The lowest BCUT2D eigenvalue weighted by molar-refractivity contribution is -0.186. The summed E-state index contributed by atoms with van der Waals surface area (Å²) in [7, 11) is 0. The van der Waals surface area contributed by atoms with Gasteiger partial charge in [-0.15, -0.1) is 0 Å². The molecule has 0 aliphatic carbocycles. The minimum absolute atomic E-state index is 0.0247. The number of halogens is 3. The van der Waals surface area contributed by atoms with Crippen LogP contribution in [-0.2, 0) is 0 Å². The summed E-state index contributed by atoms with van der Waals surface area (Å²) >= 11 is 0. The number of rotatable bonds is 2. The number of nitrogens with one attached hydrogen (secondary N) is 1. The Labute approximate surface area is 80.6 Å². The van der Waals surface area contributed by atoms with Crippen LogP contribution in [0.25, 0.3) is 0 Å². The minimum atomic E-state index is -4.12. The molecule has 3 N–H and O–H groups in total. The van der Waals surface area contributed by atoms with Crippen molar-refractivity contribution in [2.24, 2.45) is 11.7 Å². The van der Waals surface area contributed by atoms with E-state index in [0.717, 1.165) is 0 Å². The van der Waals surface area contributed by atoms with E-state index in [4.69, 9.17) is 11.1 Å². The van der Waals surface area contributed by atoms with Gasteiger partial charge in [-0.05, 0) is 19.4 Å². The van der Waals surface area contributed by atoms with Crippen LogP contribution < -0.4 is 5.73 Å². The summed E-state index contributed by atoms with van der Waals surface area (Å²) in [5.74, 6) is -1.33. The number of alkyl halides is 3. The normalized spacial score (nSPS) is 24.9. The zero-order valence-corrected chi connectivity index (χ0v) is 7.77. The van der Waals surface area contributed by atoms with E-state index in [-0.39, 0.29) is 25.3 Å². The van der Waals surface area contributed by atoms with E-state index in [1.165, 1.54) is 0 Å². The summed E-state index contributed by atoms with van der Waals surface area (Å²) in [4.78, 5) is 1.59. The number of nitrogens with zero attached hydrogens (tertiary/aromatic N) is 1. The molecule has 1 fully saturated rings. The Kier molecular flexibility index (Phi) is 3.36. The molecule has 0 radical (unpaired) electrons. The Morgan fingerprint density at radius 1 is 1.50 bits per heavy atom. The topological polar surface area (TPSA) is 53.1 Å². The maximum Gasteiger partial charge on any atom is 0.393 e. The van der Waals surface area contributed by atoms with Gasteiger partial charge in [0.15, 0.2) is 0 Å². The van der Waals surface area contributed by atoms with Gasteiger partial charge >= 0.3 is 6.18 Å². The summed E-state index contributed by atoms with van der Waals surface area (Å²) in [5.41, 5.74) is 5.14. The van der Waals surface area contributed by atoms with Crippen LogP contribution in [0.1, 0.15) is 12.8 Å². The number of nitrogens with two attached hydrogens (primary N) is 1. The van der Waals surface area contributed by atoms with Crippen molar-refractivity contribution in [1.29, 1.82) is 5.41 Å². The Morgan fingerprint density at radius 2 is 2.14 bits per heavy atom. The van der Waals surface area contributed by atoms with E-state index >= 15 is 0 Å². The molecule has 1 saturated heterocycles. The number of hydrogen-bond donors (Lipinski definition) is 2. The van der Waals surface area contributed by atoms with Crippen LogP contribution in [0.3, 0.4) is 0 Å². The van der Waals surface area contributed by atoms with Crippen LogP contribution >= 0.6 is 0 Å². The highest BCUT2D eigenvalue weighted by molar-refractivity contribution is 5.78. The third-order valence-corrected chi connectivity index (χ3v) is 2.36. The molecule has 6 heteroatoms. The van der Waals surface area contributed by atoms with Gasteiger partial charge in [-0.1, -0.05) is 0 Å². The average Bonchev–Trinajstić information content (AvgIpc) is 2.01. The Bertz CT molecular complexity index is 214. The van der Waals surface area contributed by atoms with E-state index in [1.54, 1.807) is 4.90 Å². The number of likely N-dealkylation sites (tertiary alicyclic amines) is 1. The van der Waals surface area contributed by atoms with Crippen molar-refractivity contribution in [3.63, 3.8) is 0 Å². The van der Waals surface area contributed by atoms with Gasteiger partial charge in [0, 0.05) is 6.54 Å². The van der Waals surface area contributed by atoms with Crippen molar-refractivity contribution in [2.45, 2.75) is 19.0 Å². The molecule has 0 aromatic carbocycles. The fourth-order valence-corrected chi connectivity index (χ4v) is 1.71. The Hall–Kier alpha value is -0.780. The van der Waals surface area contributed by atoms with Crippen molar-refractivity contribution >= 4 is 5.84 Å². The van der Waals surface area contributed by atoms with Crippen LogP contribution in [0.15, 0.2) is 0 Å². The predicted molar refractivity (Wildman–Crippen MR) is 47.1 cm³/mol. The Balaban J connectivity index is 2.48. The first-order chi connectivity index (χ1) is 6.39. The van der Waals surface area contributed by atoms with Crippen molar-refractivity contribution in [1.82, 2.24) is 4.90 Å². The lowest BCUT2D eigenvalue weighted by Gasteiger charge is -2.33. The van der Waals surface area contributed by atoms with E-state index in [1.807, 2.05) is 0 Å². The SMILES string of the molecule is N=C(N)CN1CCCC(C(F)(F)F)C1. The standard InChI is InChI=1S/C8H14F3N3/c9-8(10,11)6-2-1-3-14(4-6)5-7(12)13/h6H,1-5H2,(H3,12,13). The predicted octanol–water partition coefficient (Wildman–Crippen LogP) is 1.20. The van der Waals surface area contributed by atoms with Gasteiger partial charge < -0.3 is 5.73 Å². The fourth-order valence-electron chi connectivity index (χ4n) is 1.71. The number of hydrogen-bond acceptors (Lipinski definition) is 2. The zero-order chi connectivity index (χ0) is 10.8. The average molecular weight is 209 g/mol. The summed E-state index contributed by atoms with van der Waals surface area (Å²) in [5, 5.41) is 7.01. The molecule has 14 heavy (non-hydrogen) atoms. The molecule has 1 heterocycles. The molecule has 0 amide bonds. The van der Waals surface area contributed by atoms with Gasteiger partial charge in [0.25, 0.3) is 0 Å². The van der Waals surface area contributed by atoms with Crippen LogP contribution in [0.4, 0.5) is 13.2 Å². The molecule has 0 bridgehead atoms. The van der Waals surface area contributed by atoms with Crippen LogP contribution in [0.2, 0.25) is 0 Å². The molecule has 1 aliphatic rings. The van der Waals surface area contributed by atoms with E-state index < -0.39 is 12.1 Å². The van der Waals surface area contributed by atoms with Crippen molar-refractivity contribution < 1.29 is 13.2 Å². The highest BCUT2D eigenvalue weighted by Crippen LogP contribution is 2.32. The molecule has 82 valence electrons. The quantitative estimate of drug-likeness (QED) is 0.530. The highest BCUT2D eigenvalue weighted by atomic mass is 19.4. The fraction of sp³-hybridized carbons (Fsp3) is 0.875. The lowest BCUT2D eigenvalue weighted by atomic mass is 9.97. The number of amidine groups is 1. The van der Waals surface area contributed by atoms with Crippen molar-refractivity contribution in [3.8, 4) is 0 Å². The van der Waals surface area contributed by atoms with Gasteiger partial charge in [-0.2, -0.15) is 13.2 Å². The minimum Gasteiger partial charge on any atom is -0.387 e. The third kappa shape index (κ3) is 3.17. The van der Waals surface area contributed by atoms with Crippen LogP contribution in [0.5, 0.6) is 0 Å². The smallest absolute Gasteiger partial charge is 0.387 e. The third-order valence-electron chi connectivity index (χ3n) is 2.36. The molecule has 0 saturated carbocycles. The highest BCUT2D eigenvalue weighted by Gasteiger charge is 2.41. The monoisotopic (exact) mass is 209 g/mol. The molecule has 1 rings (SSSR count). The number of piperidine rings is 1. The molecular formula is C8H14F3N3. The second-order valence-electron chi connectivity index (χ2n) is 3.64. The summed E-state index contributed by atoms with van der Waals surface area (Å²) in [6.45, 7) is 0.724. The molecule has 1 atom stereocenters. The summed E-state index contributed by atoms with van der Waals surface area (Å²) in [6.07, 6.45) is -3.40. The molecule has 1 aliphatic heterocycles. The van der Waals surface area contributed by atoms with Gasteiger partial charge in [0.2, 0.25) is 0 Å². The maximum atomic E-state index is 12.3. The Morgan fingerprint density at radius 3 is 2.64 bits per heavy atom. The van der Waals surface area contributed by atoms with Crippen molar-refractivity contribution in [2.75, 3.05) is 19.6 Å². The largest absolute Gasteiger partial charge is 0.393 e. The van der Waals surface area contributed by atoms with Crippen molar-refractivity contribution in [3.05, 3.63) is 0 Å². The molecule has 0 spiro atoms. The van der Waals surface area contributed by atoms with Gasteiger partial charge in [0.1, 0.15) is 5.84 Å². The van der Waals surface area contributed by atoms with E-state index in [0.29, 0.717) is 13.0 Å². The molecule has 3 nitrogen and oxygen atoms in total. The first kappa shape index (κ1) is 11.3. The zero-order valence-electron chi connectivity index (χ0n) is 7.77. The molecular weight excluding hydrogens is 195 g/mol. The van der Waals surface area contributed by atoms with Gasteiger partial charge in [0.05, 0.1) is 12.5 Å². The molecule has 1 unspecified atom stereocenters.